The van der Waals surface area contributed by atoms with Gasteiger partial charge in [0.15, 0.2) is 0 Å². The Balaban J connectivity index is 2.86. The highest BCUT2D eigenvalue weighted by Gasteiger charge is 2.11. The van der Waals surface area contributed by atoms with Crippen LogP contribution in [-0.4, -0.2) is 13.0 Å². The molecule has 0 spiro atoms. The highest BCUT2D eigenvalue weighted by molar-refractivity contribution is 6.30. The zero-order valence-electron chi connectivity index (χ0n) is 10.6. The molecule has 4 heteroatoms. The monoisotopic (exact) mass is 255 g/mol. The molecule has 94 valence electrons. The highest BCUT2D eigenvalue weighted by atomic mass is 35.5. The van der Waals surface area contributed by atoms with Crippen LogP contribution in [0.2, 0.25) is 5.02 Å². The highest BCUT2D eigenvalue weighted by Crippen LogP contribution is 2.27. The maximum absolute atomic E-state index is 11.5. The van der Waals surface area contributed by atoms with E-state index in [2.05, 4.69) is 5.32 Å². The molecule has 0 aliphatic heterocycles. The first-order valence-electron chi connectivity index (χ1n) is 5.56. The molecule has 0 saturated heterocycles. The first-order chi connectivity index (χ1) is 7.95. The van der Waals surface area contributed by atoms with Crippen LogP contribution < -0.4 is 10.1 Å². The molecule has 1 N–H and O–H groups in total. The average Bonchev–Trinajstić information content (AvgIpc) is 2.24. The number of rotatable bonds is 4. The van der Waals surface area contributed by atoms with E-state index in [-0.39, 0.29) is 11.8 Å². The van der Waals surface area contributed by atoms with Crippen LogP contribution in [0.1, 0.15) is 25.0 Å². The first-order valence-corrected chi connectivity index (χ1v) is 5.94. The Morgan fingerprint density at radius 3 is 2.65 bits per heavy atom. The maximum Gasteiger partial charge on any atom is 0.222 e. The van der Waals surface area contributed by atoms with Gasteiger partial charge in [-0.2, -0.15) is 0 Å². The van der Waals surface area contributed by atoms with Gasteiger partial charge in [-0.25, -0.2) is 0 Å². The Labute approximate surface area is 107 Å². The van der Waals surface area contributed by atoms with Gasteiger partial charge in [-0.15, -0.1) is 0 Å². The number of hydrogen-bond donors (Lipinski definition) is 1. The zero-order chi connectivity index (χ0) is 13.0. The molecule has 0 aromatic heterocycles. The van der Waals surface area contributed by atoms with Crippen molar-refractivity contribution >= 4 is 17.5 Å². The van der Waals surface area contributed by atoms with Crippen molar-refractivity contribution in [2.45, 2.75) is 27.3 Å². The van der Waals surface area contributed by atoms with Crippen molar-refractivity contribution in [3.05, 3.63) is 28.3 Å². The van der Waals surface area contributed by atoms with Crippen LogP contribution in [0.4, 0.5) is 0 Å². The number of hydrogen-bond acceptors (Lipinski definition) is 2. The molecular formula is C13H18ClNO2. The van der Waals surface area contributed by atoms with Crippen molar-refractivity contribution in [2.75, 3.05) is 7.11 Å². The lowest BCUT2D eigenvalue weighted by atomic mass is 10.1. The number of methoxy groups -OCH3 is 1. The van der Waals surface area contributed by atoms with Gasteiger partial charge in [-0.1, -0.05) is 25.4 Å². The number of aryl methyl sites for hydroxylation is 1. The Kier molecular flexibility index (Phi) is 4.82. The lowest BCUT2D eigenvalue weighted by Gasteiger charge is -2.13. The molecule has 0 radical (unpaired) electrons. The molecule has 17 heavy (non-hydrogen) atoms. The van der Waals surface area contributed by atoms with Crippen LogP contribution in [0.3, 0.4) is 0 Å². The van der Waals surface area contributed by atoms with E-state index in [0.29, 0.717) is 11.6 Å². The minimum Gasteiger partial charge on any atom is -0.496 e. The van der Waals surface area contributed by atoms with Gasteiger partial charge in [-0.05, 0) is 24.6 Å². The van der Waals surface area contributed by atoms with Crippen molar-refractivity contribution in [1.29, 1.82) is 0 Å². The van der Waals surface area contributed by atoms with Crippen molar-refractivity contribution in [3.8, 4) is 5.75 Å². The Hall–Kier alpha value is -1.22. The van der Waals surface area contributed by atoms with Gasteiger partial charge >= 0.3 is 0 Å². The molecule has 0 heterocycles. The first kappa shape index (κ1) is 13.8. The average molecular weight is 256 g/mol. The van der Waals surface area contributed by atoms with Crippen molar-refractivity contribution in [2.24, 2.45) is 5.92 Å². The van der Waals surface area contributed by atoms with Gasteiger partial charge in [0.25, 0.3) is 0 Å². The fourth-order valence-electron chi connectivity index (χ4n) is 1.61. The van der Waals surface area contributed by atoms with E-state index in [1.54, 1.807) is 7.11 Å². The SMILES string of the molecule is COc1c(C)cc(Cl)cc1CNC(=O)C(C)C. The van der Waals surface area contributed by atoms with E-state index in [1.165, 1.54) is 0 Å². The minimum atomic E-state index is -0.0266. The van der Waals surface area contributed by atoms with Crippen molar-refractivity contribution < 1.29 is 9.53 Å². The third kappa shape index (κ3) is 3.63. The molecule has 0 saturated carbocycles. The van der Waals surface area contributed by atoms with Crippen LogP contribution in [0, 0.1) is 12.8 Å². The van der Waals surface area contributed by atoms with Gasteiger partial charge in [-0.3, -0.25) is 4.79 Å². The molecule has 3 nitrogen and oxygen atoms in total. The maximum atomic E-state index is 11.5. The predicted octanol–water partition coefficient (Wildman–Crippen LogP) is 2.93. The third-order valence-corrected chi connectivity index (χ3v) is 2.72. The van der Waals surface area contributed by atoms with Crippen LogP contribution in [0.15, 0.2) is 12.1 Å². The summed E-state index contributed by atoms with van der Waals surface area (Å²) in [6, 6.07) is 3.65. The van der Waals surface area contributed by atoms with E-state index < -0.39 is 0 Å². The number of carbonyl (C=O) groups excluding carboxylic acids is 1. The number of ether oxygens (including phenoxy) is 1. The van der Waals surface area contributed by atoms with E-state index >= 15 is 0 Å². The topological polar surface area (TPSA) is 38.3 Å². The minimum absolute atomic E-state index is 0.0182. The molecule has 1 aromatic rings. The second-order valence-corrected chi connectivity index (χ2v) is 4.72. The molecule has 0 atom stereocenters. The lowest BCUT2D eigenvalue weighted by molar-refractivity contribution is -0.124. The molecule has 0 aliphatic rings. The van der Waals surface area contributed by atoms with Crippen LogP contribution >= 0.6 is 11.6 Å². The lowest BCUT2D eigenvalue weighted by Crippen LogP contribution is -2.27. The molecular weight excluding hydrogens is 238 g/mol. The zero-order valence-corrected chi connectivity index (χ0v) is 11.4. The standard InChI is InChI=1S/C13H18ClNO2/c1-8(2)13(16)15-7-10-6-11(14)5-9(3)12(10)17-4/h5-6,8H,7H2,1-4H3,(H,15,16). The second-order valence-electron chi connectivity index (χ2n) is 4.29. The molecule has 0 unspecified atom stereocenters. The fourth-order valence-corrected chi connectivity index (χ4v) is 1.90. The summed E-state index contributed by atoms with van der Waals surface area (Å²) in [7, 11) is 1.62. The second kappa shape index (κ2) is 5.92. The van der Waals surface area contributed by atoms with Gasteiger partial charge in [0.05, 0.1) is 7.11 Å². The fraction of sp³-hybridized carbons (Fsp3) is 0.462. The third-order valence-electron chi connectivity index (χ3n) is 2.50. The normalized spacial score (nSPS) is 10.5. The number of nitrogens with one attached hydrogen (secondary N) is 1. The molecule has 0 fully saturated rings. The van der Waals surface area contributed by atoms with E-state index in [1.807, 2.05) is 32.9 Å². The summed E-state index contributed by atoms with van der Waals surface area (Å²) in [5.74, 6) is 0.768. The van der Waals surface area contributed by atoms with Crippen molar-refractivity contribution in [3.63, 3.8) is 0 Å². The number of benzene rings is 1. The quantitative estimate of drug-likeness (QED) is 0.898. The van der Waals surface area contributed by atoms with E-state index in [4.69, 9.17) is 16.3 Å². The smallest absolute Gasteiger partial charge is 0.222 e. The molecule has 1 rings (SSSR count). The largest absolute Gasteiger partial charge is 0.496 e. The van der Waals surface area contributed by atoms with Gasteiger partial charge < -0.3 is 10.1 Å². The number of amides is 1. The summed E-state index contributed by atoms with van der Waals surface area (Å²) in [5.41, 5.74) is 1.86. The summed E-state index contributed by atoms with van der Waals surface area (Å²) in [4.78, 5) is 11.5. The Bertz CT molecular complexity index is 416. The summed E-state index contributed by atoms with van der Waals surface area (Å²) < 4.78 is 5.31. The molecule has 1 amide bonds. The molecule has 0 bridgehead atoms. The van der Waals surface area contributed by atoms with E-state index in [9.17, 15) is 4.79 Å². The van der Waals surface area contributed by atoms with E-state index in [0.717, 1.165) is 16.9 Å². The summed E-state index contributed by atoms with van der Waals surface area (Å²) in [5, 5.41) is 3.50. The molecule has 1 aromatic carbocycles. The van der Waals surface area contributed by atoms with Gasteiger partial charge in [0.1, 0.15) is 5.75 Å². The summed E-state index contributed by atoms with van der Waals surface area (Å²) in [6.45, 7) is 6.08. The number of carbonyl (C=O) groups is 1. The van der Waals surface area contributed by atoms with Crippen LogP contribution in [0.25, 0.3) is 0 Å². The number of halogens is 1. The Morgan fingerprint density at radius 2 is 2.12 bits per heavy atom. The van der Waals surface area contributed by atoms with Crippen LogP contribution in [0.5, 0.6) is 5.75 Å². The summed E-state index contributed by atoms with van der Waals surface area (Å²) in [6.07, 6.45) is 0. The predicted molar refractivity (Wildman–Crippen MR) is 69.4 cm³/mol. The van der Waals surface area contributed by atoms with Gasteiger partial charge in [0, 0.05) is 23.0 Å². The van der Waals surface area contributed by atoms with Gasteiger partial charge in [0.2, 0.25) is 5.91 Å². The van der Waals surface area contributed by atoms with Crippen molar-refractivity contribution in [1.82, 2.24) is 5.32 Å². The van der Waals surface area contributed by atoms with Crippen LogP contribution in [-0.2, 0) is 11.3 Å². The molecule has 0 aliphatic carbocycles. The Morgan fingerprint density at radius 1 is 1.47 bits per heavy atom. The summed E-state index contributed by atoms with van der Waals surface area (Å²) >= 11 is 5.99.